The van der Waals surface area contributed by atoms with Gasteiger partial charge in [-0.05, 0) is 104 Å². The van der Waals surface area contributed by atoms with Crippen LogP contribution in [0.3, 0.4) is 0 Å². The first-order valence-corrected chi connectivity index (χ1v) is 24.4. The van der Waals surface area contributed by atoms with Gasteiger partial charge < -0.3 is 19.1 Å². The number of benzene rings is 2. The highest BCUT2D eigenvalue weighted by Gasteiger charge is 2.49. The molecule has 1 saturated carbocycles. The number of sulfonamides is 1. The highest BCUT2D eigenvalue weighted by molar-refractivity contribution is 7.90. The quantitative estimate of drug-likeness (QED) is 0.300. The van der Waals surface area contributed by atoms with Crippen molar-refractivity contribution in [1.82, 2.24) is 14.5 Å². The third kappa shape index (κ3) is 10.2. The molecule has 2 aromatic carbocycles. The summed E-state index contributed by atoms with van der Waals surface area (Å²) >= 11 is 6.42. The summed E-state index contributed by atoms with van der Waals surface area (Å²) in [5.41, 5.74) is 2.46. The van der Waals surface area contributed by atoms with E-state index >= 15 is 0 Å². The summed E-state index contributed by atoms with van der Waals surface area (Å²) in [7, 11) is -6.34. The molecule has 0 spiro atoms. The summed E-state index contributed by atoms with van der Waals surface area (Å²) < 4.78 is 78.5. The number of rotatable bonds is 7. The van der Waals surface area contributed by atoms with Crippen LogP contribution in [0.15, 0.2) is 48.6 Å². The van der Waals surface area contributed by atoms with E-state index in [0.29, 0.717) is 56.1 Å². The van der Waals surface area contributed by atoms with E-state index in [2.05, 4.69) is 25.5 Å². The van der Waals surface area contributed by atoms with Crippen LogP contribution in [0, 0.1) is 17.8 Å². The predicted molar refractivity (Wildman–Crippen MR) is 224 cm³/mol. The summed E-state index contributed by atoms with van der Waals surface area (Å²) in [4.78, 5) is 21.3. The first-order chi connectivity index (χ1) is 27.7. The Labute approximate surface area is 349 Å². The smallest absolute Gasteiger partial charge is 0.264 e. The van der Waals surface area contributed by atoms with Gasteiger partial charge in [0.05, 0.1) is 37.0 Å². The number of fused-ring (bicyclic) bond motifs is 4. The average Bonchev–Trinajstić information content (AvgIpc) is 3.20. The Morgan fingerprint density at radius 2 is 1.88 bits per heavy atom. The van der Waals surface area contributed by atoms with Gasteiger partial charge in [0.2, 0.25) is 10.0 Å². The van der Waals surface area contributed by atoms with Gasteiger partial charge in [-0.3, -0.25) is 18.8 Å². The van der Waals surface area contributed by atoms with Crippen molar-refractivity contribution in [2.45, 2.75) is 75.4 Å². The lowest BCUT2D eigenvalue weighted by Crippen LogP contribution is -2.62. The van der Waals surface area contributed by atoms with Gasteiger partial charge >= 0.3 is 0 Å². The monoisotopic (exact) mass is 862 g/mol. The number of halogens is 1. The molecule has 2 saturated heterocycles. The van der Waals surface area contributed by atoms with Gasteiger partial charge in [0, 0.05) is 69.6 Å². The Hall–Kier alpha value is -2.76. The van der Waals surface area contributed by atoms with E-state index in [1.54, 1.807) is 25.3 Å². The highest BCUT2D eigenvalue weighted by atomic mass is 35.5. The minimum absolute atomic E-state index is 0.128. The molecule has 58 heavy (non-hydrogen) atoms. The molecular formula is C42H59ClN4O9S2. The lowest BCUT2D eigenvalue weighted by Gasteiger charge is -2.53. The largest absolute Gasteiger partial charge is 0.487 e. The van der Waals surface area contributed by atoms with Gasteiger partial charge in [0.1, 0.15) is 18.0 Å². The molecule has 4 aliphatic heterocycles. The number of carbonyl (C=O) groups excluding carboxylic acids is 1. The van der Waals surface area contributed by atoms with Crippen LogP contribution >= 0.6 is 11.6 Å². The lowest BCUT2D eigenvalue weighted by atomic mass is 9.63. The number of hydrogen-bond acceptors (Lipinski definition) is 12. The number of carbonyl (C=O) groups is 1. The lowest BCUT2D eigenvalue weighted by molar-refractivity contribution is -0.108. The Bertz CT molecular complexity index is 2040. The third-order valence-corrected chi connectivity index (χ3v) is 15.8. The molecule has 1 amide bonds. The zero-order valence-corrected chi connectivity index (χ0v) is 36.3. The van der Waals surface area contributed by atoms with E-state index in [9.17, 15) is 21.6 Å². The second-order valence-electron chi connectivity index (χ2n) is 16.8. The molecule has 0 aromatic heterocycles. The molecule has 16 heteroatoms. The first-order valence-electron chi connectivity index (χ1n) is 20.7. The van der Waals surface area contributed by atoms with Gasteiger partial charge in [0.25, 0.3) is 16.0 Å². The maximum atomic E-state index is 14.1. The van der Waals surface area contributed by atoms with Crippen molar-refractivity contribution >= 4 is 43.3 Å². The fourth-order valence-electron chi connectivity index (χ4n) is 9.63. The Morgan fingerprint density at radius 3 is 2.66 bits per heavy atom. The van der Waals surface area contributed by atoms with Crippen molar-refractivity contribution in [1.29, 1.82) is 0 Å². The number of anilines is 1. The standard InChI is InChI=1S/C42H59ClN4O9S2/c1-30-7-6-16-42(53-2,29-45-18-19-46-20-22-54-28-36(46)26-45)37-13-10-33(37)25-47-17-5-4-8-31-23-35(43)12-9-34(31)27-55-39-14-11-32(24-38(39)47)41(48)44-58(51,52)40(30)15-21-56-57(3,49)50/h6,9,11-12,14,16,23-24,30,33,36-37,40H,4-5,7-8,10,13,15,17-22,25-29H2,1-3H3,(H,44,48)/b16-6+/t30-,33-,36-,37+,40+,42+/m0/s1. The maximum Gasteiger partial charge on any atom is 0.264 e. The Morgan fingerprint density at radius 1 is 1.03 bits per heavy atom. The van der Waals surface area contributed by atoms with Crippen LogP contribution in [0.2, 0.25) is 5.02 Å². The van der Waals surface area contributed by atoms with Crippen LogP contribution in [-0.4, -0.2) is 128 Å². The summed E-state index contributed by atoms with van der Waals surface area (Å²) in [5.74, 6) is -0.220. The van der Waals surface area contributed by atoms with E-state index in [-0.39, 0.29) is 30.4 Å². The minimum Gasteiger partial charge on any atom is -0.487 e. The topological polar surface area (TPSA) is 144 Å². The molecule has 3 fully saturated rings. The van der Waals surface area contributed by atoms with Gasteiger partial charge in [0.15, 0.2) is 0 Å². The Balaban J connectivity index is 1.27. The van der Waals surface area contributed by atoms with E-state index in [1.807, 2.05) is 31.2 Å². The predicted octanol–water partition coefficient (Wildman–Crippen LogP) is 4.88. The van der Waals surface area contributed by atoms with Gasteiger partial charge in [-0.1, -0.05) is 36.7 Å². The number of allylic oxidation sites excluding steroid dienone is 1. The average molecular weight is 864 g/mol. The van der Waals surface area contributed by atoms with E-state index in [0.717, 1.165) is 88.0 Å². The van der Waals surface area contributed by atoms with Gasteiger partial charge in [-0.15, -0.1) is 0 Å². The minimum atomic E-state index is -4.31. The van der Waals surface area contributed by atoms with Crippen LogP contribution in [-0.2, 0) is 46.8 Å². The Kier molecular flexibility index (Phi) is 13.8. The number of nitrogens with zero attached hydrogens (tertiary/aromatic N) is 3. The number of ether oxygens (including phenoxy) is 3. The van der Waals surface area contributed by atoms with Crippen LogP contribution in [0.4, 0.5) is 5.69 Å². The normalized spacial score (nSPS) is 30.6. The number of piperazine rings is 1. The van der Waals surface area contributed by atoms with Crippen molar-refractivity contribution in [3.05, 3.63) is 70.3 Å². The van der Waals surface area contributed by atoms with Crippen molar-refractivity contribution in [3.8, 4) is 5.75 Å². The van der Waals surface area contributed by atoms with Crippen molar-refractivity contribution in [2.24, 2.45) is 17.8 Å². The fourth-order valence-corrected chi connectivity index (χ4v) is 11.9. The molecule has 1 N–H and O–H groups in total. The van der Waals surface area contributed by atoms with Crippen LogP contribution < -0.4 is 14.4 Å². The molecular weight excluding hydrogens is 804 g/mol. The number of morpholine rings is 1. The molecule has 320 valence electrons. The summed E-state index contributed by atoms with van der Waals surface area (Å²) in [5, 5.41) is -0.442. The zero-order chi connectivity index (χ0) is 41.1. The number of aryl methyl sites for hydroxylation is 1. The molecule has 2 bridgehead atoms. The second kappa shape index (κ2) is 18.5. The molecule has 0 unspecified atom stereocenters. The zero-order valence-electron chi connectivity index (χ0n) is 33.9. The van der Waals surface area contributed by atoms with Crippen molar-refractivity contribution in [2.75, 3.05) is 83.9 Å². The summed E-state index contributed by atoms with van der Waals surface area (Å²) in [6, 6.07) is 11.3. The number of methoxy groups -OCH3 is 1. The second-order valence-corrected chi connectivity index (χ2v) is 20.8. The van der Waals surface area contributed by atoms with E-state index in [4.69, 9.17) is 30.0 Å². The molecule has 5 aliphatic rings. The number of nitrogens with one attached hydrogen (secondary N) is 1. The number of hydrogen-bond donors (Lipinski definition) is 1. The van der Waals surface area contributed by atoms with E-state index in [1.165, 1.54) is 0 Å². The molecule has 13 nitrogen and oxygen atoms in total. The first kappa shape index (κ1) is 43.3. The molecule has 4 heterocycles. The van der Waals surface area contributed by atoms with Crippen LogP contribution in [0.5, 0.6) is 5.75 Å². The third-order valence-electron chi connectivity index (χ3n) is 13.0. The van der Waals surface area contributed by atoms with Gasteiger partial charge in [-0.25, -0.2) is 13.1 Å². The maximum absolute atomic E-state index is 14.1. The summed E-state index contributed by atoms with van der Waals surface area (Å²) in [6.07, 6.45) is 10.0. The number of amides is 1. The van der Waals surface area contributed by atoms with E-state index < -0.39 is 42.8 Å². The van der Waals surface area contributed by atoms with Crippen LogP contribution in [0.25, 0.3) is 0 Å². The van der Waals surface area contributed by atoms with Crippen molar-refractivity contribution < 1.29 is 40.0 Å². The fraction of sp³-hybridized carbons (Fsp3) is 0.643. The molecule has 2 aromatic rings. The highest BCUT2D eigenvalue weighted by Crippen LogP contribution is 2.47. The molecule has 7 rings (SSSR count). The SMILES string of the molecule is CO[C@@]1(CN2CCN3CCOC[C@@H]3C2)/C=C/C[C@H](C)[C@@H](CCOS(C)(=O)=O)S(=O)(=O)NC(=O)c2ccc3c(c2)N(CCCCc2cc(Cl)ccc2CO3)C[C@@H]2CC[C@H]21. The molecule has 1 aliphatic carbocycles. The van der Waals surface area contributed by atoms with Crippen LogP contribution in [0.1, 0.15) is 66.9 Å². The molecule has 6 atom stereocenters. The van der Waals surface area contributed by atoms with Gasteiger partial charge in [-0.2, -0.15) is 8.42 Å². The molecule has 0 radical (unpaired) electrons. The summed E-state index contributed by atoms with van der Waals surface area (Å²) in [6.45, 7) is 9.06. The van der Waals surface area contributed by atoms with Crippen molar-refractivity contribution in [3.63, 3.8) is 0 Å².